The third-order valence-electron chi connectivity index (χ3n) is 3.59. The zero-order valence-electron chi connectivity index (χ0n) is 10.4. The molecule has 2 atom stereocenters. The molecular formula is C11H22N2O3S. The highest BCUT2D eigenvalue weighted by Gasteiger charge is 2.31. The lowest BCUT2D eigenvalue weighted by molar-refractivity contribution is -0.0657. The van der Waals surface area contributed by atoms with Gasteiger partial charge in [-0.25, -0.2) is 13.1 Å². The Kier molecular flexibility index (Phi) is 4.41. The number of hydrogen-bond acceptors (Lipinski definition) is 4. The molecule has 2 heterocycles. The molecule has 100 valence electrons. The van der Waals surface area contributed by atoms with Crippen LogP contribution in [0.3, 0.4) is 0 Å². The molecule has 2 rings (SSSR count). The zero-order valence-corrected chi connectivity index (χ0v) is 11.2. The van der Waals surface area contributed by atoms with Crippen LogP contribution < -0.4 is 4.72 Å². The number of hydrogen-bond donors (Lipinski definition) is 1. The number of rotatable bonds is 4. The molecule has 0 aliphatic carbocycles. The molecule has 5 nitrogen and oxygen atoms in total. The van der Waals surface area contributed by atoms with Gasteiger partial charge in [-0.15, -0.1) is 0 Å². The van der Waals surface area contributed by atoms with Gasteiger partial charge in [0.1, 0.15) is 0 Å². The first-order valence-electron chi connectivity index (χ1n) is 6.33. The van der Waals surface area contributed by atoms with Gasteiger partial charge in [-0.1, -0.05) is 0 Å². The Labute approximate surface area is 104 Å². The second kappa shape index (κ2) is 5.65. The van der Waals surface area contributed by atoms with E-state index in [1.165, 1.54) is 12.7 Å². The number of likely N-dealkylation sites (tertiary alicyclic amines) is 1. The lowest BCUT2D eigenvalue weighted by atomic mass is 9.88. The highest BCUT2D eigenvalue weighted by Crippen LogP contribution is 2.27. The molecule has 0 radical (unpaired) electrons. The highest BCUT2D eigenvalue weighted by atomic mass is 32.2. The summed E-state index contributed by atoms with van der Waals surface area (Å²) in [4.78, 5) is 2.34. The average molecular weight is 262 g/mol. The fraction of sp³-hybridized carbons (Fsp3) is 1.00. The van der Waals surface area contributed by atoms with Crippen molar-refractivity contribution in [2.75, 3.05) is 39.0 Å². The summed E-state index contributed by atoms with van der Waals surface area (Å²) in [6.45, 7) is 4.30. The molecular weight excluding hydrogens is 240 g/mol. The molecule has 0 spiro atoms. The van der Waals surface area contributed by atoms with Crippen LogP contribution in [0.25, 0.3) is 0 Å². The van der Waals surface area contributed by atoms with E-state index in [1.807, 2.05) is 0 Å². The van der Waals surface area contributed by atoms with Gasteiger partial charge in [0, 0.05) is 32.8 Å². The van der Waals surface area contributed by atoms with Crippen LogP contribution in [0.15, 0.2) is 0 Å². The van der Waals surface area contributed by atoms with Gasteiger partial charge < -0.3 is 9.64 Å². The predicted molar refractivity (Wildman–Crippen MR) is 66.4 cm³/mol. The van der Waals surface area contributed by atoms with E-state index in [1.54, 1.807) is 0 Å². The van der Waals surface area contributed by atoms with Gasteiger partial charge in [-0.2, -0.15) is 0 Å². The Morgan fingerprint density at radius 1 is 1.41 bits per heavy atom. The first-order chi connectivity index (χ1) is 8.04. The number of nitrogens with one attached hydrogen (secondary N) is 1. The van der Waals surface area contributed by atoms with Crippen LogP contribution in [0.5, 0.6) is 0 Å². The zero-order chi connectivity index (χ0) is 12.3. The van der Waals surface area contributed by atoms with Crippen LogP contribution in [0, 0.1) is 5.92 Å². The standard InChI is InChI=1S/C11H22N2O3S/c1-17(14,15)12-5-7-13-6-4-11-10(9-13)3-2-8-16-11/h10-12H,2-9H2,1H3/t10-,11-/m1/s1. The molecule has 0 aromatic carbocycles. The molecule has 2 saturated heterocycles. The van der Waals surface area contributed by atoms with E-state index in [4.69, 9.17) is 4.74 Å². The molecule has 0 amide bonds. The molecule has 0 aromatic rings. The summed E-state index contributed by atoms with van der Waals surface area (Å²) in [6, 6.07) is 0. The number of nitrogens with zero attached hydrogens (tertiary/aromatic N) is 1. The SMILES string of the molecule is CS(=O)(=O)NCCN1CC[C@H]2OCCC[C@@H]2C1. The van der Waals surface area contributed by atoms with Crippen LogP contribution >= 0.6 is 0 Å². The van der Waals surface area contributed by atoms with Gasteiger partial charge in [0.05, 0.1) is 12.4 Å². The third kappa shape index (κ3) is 4.21. The normalized spacial score (nSPS) is 31.1. The fourth-order valence-corrected chi connectivity index (χ4v) is 3.22. The van der Waals surface area contributed by atoms with Crippen LogP contribution in [-0.2, 0) is 14.8 Å². The van der Waals surface area contributed by atoms with Crippen molar-refractivity contribution in [1.82, 2.24) is 9.62 Å². The predicted octanol–water partition coefficient (Wildman–Crippen LogP) is 0.0365. The van der Waals surface area contributed by atoms with E-state index in [9.17, 15) is 8.42 Å². The number of fused-ring (bicyclic) bond motifs is 1. The van der Waals surface area contributed by atoms with Crippen molar-refractivity contribution in [3.05, 3.63) is 0 Å². The Morgan fingerprint density at radius 3 is 3.00 bits per heavy atom. The summed E-state index contributed by atoms with van der Waals surface area (Å²) in [5.41, 5.74) is 0. The Balaban J connectivity index is 1.72. The summed E-state index contributed by atoms with van der Waals surface area (Å²) in [6.07, 6.45) is 5.15. The van der Waals surface area contributed by atoms with Gasteiger partial charge >= 0.3 is 0 Å². The van der Waals surface area contributed by atoms with Crippen molar-refractivity contribution in [2.45, 2.75) is 25.4 Å². The average Bonchev–Trinajstić information content (AvgIpc) is 2.27. The maximum atomic E-state index is 11.0. The Morgan fingerprint density at radius 2 is 2.24 bits per heavy atom. The molecule has 0 saturated carbocycles. The fourth-order valence-electron chi connectivity index (χ4n) is 2.76. The molecule has 2 aliphatic rings. The molecule has 0 bridgehead atoms. The van der Waals surface area contributed by atoms with Gasteiger partial charge in [0.25, 0.3) is 0 Å². The monoisotopic (exact) mass is 262 g/mol. The van der Waals surface area contributed by atoms with Gasteiger partial charge in [0.15, 0.2) is 0 Å². The number of ether oxygens (including phenoxy) is 1. The third-order valence-corrected chi connectivity index (χ3v) is 4.32. The van der Waals surface area contributed by atoms with Crippen LogP contribution in [0.2, 0.25) is 0 Å². The van der Waals surface area contributed by atoms with E-state index < -0.39 is 10.0 Å². The van der Waals surface area contributed by atoms with Crippen molar-refractivity contribution in [3.63, 3.8) is 0 Å². The molecule has 0 aromatic heterocycles. The number of piperidine rings is 1. The molecule has 6 heteroatoms. The second-order valence-electron chi connectivity index (χ2n) is 5.07. The smallest absolute Gasteiger partial charge is 0.208 e. The van der Waals surface area contributed by atoms with Crippen LogP contribution in [0.1, 0.15) is 19.3 Å². The maximum absolute atomic E-state index is 11.0. The van der Waals surface area contributed by atoms with Crippen molar-refractivity contribution in [2.24, 2.45) is 5.92 Å². The molecule has 2 fully saturated rings. The van der Waals surface area contributed by atoms with Crippen molar-refractivity contribution in [1.29, 1.82) is 0 Å². The van der Waals surface area contributed by atoms with E-state index >= 15 is 0 Å². The lowest BCUT2D eigenvalue weighted by Crippen LogP contribution is -2.48. The van der Waals surface area contributed by atoms with Gasteiger partial charge in [-0.05, 0) is 25.2 Å². The summed E-state index contributed by atoms with van der Waals surface area (Å²) in [5, 5.41) is 0. The summed E-state index contributed by atoms with van der Waals surface area (Å²) >= 11 is 0. The van der Waals surface area contributed by atoms with Gasteiger partial charge in [0.2, 0.25) is 10.0 Å². The van der Waals surface area contributed by atoms with Crippen LogP contribution in [-0.4, -0.2) is 58.5 Å². The van der Waals surface area contributed by atoms with Crippen LogP contribution in [0.4, 0.5) is 0 Å². The molecule has 17 heavy (non-hydrogen) atoms. The van der Waals surface area contributed by atoms with Gasteiger partial charge in [-0.3, -0.25) is 0 Å². The van der Waals surface area contributed by atoms with E-state index in [0.29, 0.717) is 18.6 Å². The lowest BCUT2D eigenvalue weighted by Gasteiger charge is -2.41. The second-order valence-corrected chi connectivity index (χ2v) is 6.90. The molecule has 2 aliphatic heterocycles. The summed E-state index contributed by atoms with van der Waals surface area (Å²) < 4.78 is 30.2. The first-order valence-corrected chi connectivity index (χ1v) is 8.22. The largest absolute Gasteiger partial charge is 0.378 e. The topological polar surface area (TPSA) is 58.6 Å². The molecule has 0 unspecified atom stereocenters. The van der Waals surface area contributed by atoms with Crippen molar-refractivity contribution in [3.8, 4) is 0 Å². The molecule has 1 N–H and O–H groups in total. The minimum atomic E-state index is -3.05. The first kappa shape index (κ1) is 13.3. The Hall–Kier alpha value is -0.170. The van der Waals surface area contributed by atoms with E-state index in [2.05, 4.69) is 9.62 Å². The minimum Gasteiger partial charge on any atom is -0.378 e. The number of sulfonamides is 1. The van der Waals surface area contributed by atoms with E-state index in [0.717, 1.165) is 39.1 Å². The quantitative estimate of drug-likeness (QED) is 0.777. The van der Waals surface area contributed by atoms with E-state index in [-0.39, 0.29) is 0 Å². The minimum absolute atomic E-state index is 0.447. The van der Waals surface area contributed by atoms with Crippen molar-refractivity contribution < 1.29 is 13.2 Å². The Bertz CT molecular complexity index is 345. The highest BCUT2D eigenvalue weighted by molar-refractivity contribution is 7.88. The maximum Gasteiger partial charge on any atom is 0.208 e. The van der Waals surface area contributed by atoms with Crippen molar-refractivity contribution >= 4 is 10.0 Å². The summed E-state index contributed by atoms with van der Waals surface area (Å²) in [5.74, 6) is 0.649. The summed E-state index contributed by atoms with van der Waals surface area (Å²) in [7, 11) is -3.05.